The molecule has 2 nitrogen and oxygen atoms in total. The van der Waals surface area contributed by atoms with Gasteiger partial charge in [0.05, 0.1) is 0 Å². The first-order chi connectivity index (χ1) is 7.24. The van der Waals surface area contributed by atoms with Gasteiger partial charge >= 0.3 is 0 Å². The van der Waals surface area contributed by atoms with E-state index in [9.17, 15) is 10.2 Å². The third kappa shape index (κ3) is 1.54. The van der Waals surface area contributed by atoms with E-state index in [0.29, 0.717) is 17.2 Å². The van der Waals surface area contributed by atoms with Crippen molar-refractivity contribution in [1.82, 2.24) is 0 Å². The molecule has 2 rings (SSSR count). The van der Waals surface area contributed by atoms with Crippen LogP contribution in [0.3, 0.4) is 0 Å². The Hall–Kier alpha value is -1.96. The van der Waals surface area contributed by atoms with Gasteiger partial charge in [-0.3, -0.25) is 0 Å². The van der Waals surface area contributed by atoms with E-state index in [1.54, 1.807) is 12.1 Å². The van der Waals surface area contributed by atoms with E-state index >= 15 is 0 Å². The summed E-state index contributed by atoms with van der Waals surface area (Å²) in [5.41, 5.74) is 0.968. The summed E-state index contributed by atoms with van der Waals surface area (Å²) in [5.74, 6) is 0.383. The van der Waals surface area contributed by atoms with Gasteiger partial charge in [-0.2, -0.15) is 0 Å². The zero-order chi connectivity index (χ0) is 10.8. The van der Waals surface area contributed by atoms with Crippen molar-refractivity contribution in [1.29, 1.82) is 0 Å². The molecule has 2 heteroatoms. The molecule has 15 heavy (non-hydrogen) atoms. The highest BCUT2D eigenvalue weighted by Gasteiger charge is 2.07. The quantitative estimate of drug-likeness (QED) is 0.578. The normalized spacial score (nSPS) is 10.4. The molecule has 76 valence electrons. The Morgan fingerprint density at radius 3 is 2.53 bits per heavy atom. The molecular weight excluding hydrogens is 188 g/mol. The molecule has 0 aliphatic rings. The fraction of sp³-hybridized carbons (Fsp3) is 0.0769. The molecule has 0 fully saturated rings. The molecule has 0 amide bonds. The summed E-state index contributed by atoms with van der Waals surface area (Å²) in [5, 5.41) is 20.8. The zero-order valence-corrected chi connectivity index (χ0v) is 8.27. The minimum absolute atomic E-state index is 0.189. The lowest BCUT2D eigenvalue weighted by atomic mass is 10.0. The average Bonchev–Trinajstić information content (AvgIpc) is 2.24. The molecule has 0 bridgehead atoms. The third-order valence-corrected chi connectivity index (χ3v) is 2.45. The summed E-state index contributed by atoms with van der Waals surface area (Å²) < 4.78 is 0. The maximum Gasteiger partial charge on any atom is 0.123 e. The van der Waals surface area contributed by atoms with E-state index in [2.05, 4.69) is 6.58 Å². The predicted octanol–water partition coefficient (Wildman–Crippen LogP) is 2.98. The molecule has 2 aromatic carbocycles. The number of phenols is 2. The van der Waals surface area contributed by atoms with E-state index in [0.717, 1.165) is 5.56 Å². The SMILES string of the molecule is C=CCc1cccc2c(O)ccc(O)c12. The summed E-state index contributed by atoms with van der Waals surface area (Å²) in [6.45, 7) is 3.67. The number of allylic oxidation sites excluding steroid dienone is 1. The largest absolute Gasteiger partial charge is 0.507 e. The number of benzene rings is 2. The van der Waals surface area contributed by atoms with Crippen molar-refractivity contribution < 1.29 is 10.2 Å². The topological polar surface area (TPSA) is 40.5 Å². The number of hydrogen-bond acceptors (Lipinski definition) is 2. The van der Waals surface area contributed by atoms with E-state index < -0.39 is 0 Å². The van der Waals surface area contributed by atoms with Gasteiger partial charge in [-0.05, 0) is 24.1 Å². The number of fused-ring (bicyclic) bond motifs is 1. The Labute approximate surface area is 88.1 Å². The van der Waals surface area contributed by atoms with Gasteiger partial charge in [0.2, 0.25) is 0 Å². The van der Waals surface area contributed by atoms with E-state index in [-0.39, 0.29) is 11.5 Å². The van der Waals surface area contributed by atoms with Crippen LogP contribution in [0.5, 0.6) is 11.5 Å². The summed E-state index contributed by atoms with van der Waals surface area (Å²) in [7, 11) is 0. The van der Waals surface area contributed by atoms with Crippen LogP contribution in [-0.4, -0.2) is 10.2 Å². The first-order valence-corrected chi connectivity index (χ1v) is 4.77. The lowest BCUT2D eigenvalue weighted by Gasteiger charge is -2.07. The standard InChI is InChI=1S/C13H12O2/c1-2-4-9-5-3-6-10-11(14)7-8-12(15)13(9)10/h2-3,5-8,14-15H,1,4H2. The van der Waals surface area contributed by atoms with Crippen molar-refractivity contribution in [2.75, 3.05) is 0 Å². The van der Waals surface area contributed by atoms with Gasteiger partial charge in [0, 0.05) is 10.8 Å². The lowest BCUT2D eigenvalue weighted by molar-refractivity contribution is 0.469. The lowest BCUT2D eigenvalue weighted by Crippen LogP contribution is -1.85. The van der Waals surface area contributed by atoms with Crippen molar-refractivity contribution in [2.24, 2.45) is 0 Å². The summed E-state index contributed by atoms with van der Waals surface area (Å²) in [6.07, 6.45) is 2.45. The Balaban J connectivity index is 2.83. The van der Waals surface area contributed by atoms with E-state index in [1.807, 2.05) is 12.1 Å². The molecule has 0 saturated carbocycles. The van der Waals surface area contributed by atoms with Gasteiger partial charge in [0.1, 0.15) is 11.5 Å². The van der Waals surface area contributed by atoms with Crippen LogP contribution in [0, 0.1) is 0 Å². The summed E-state index contributed by atoms with van der Waals surface area (Å²) >= 11 is 0. The highest BCUT2D eigenvalue weighted by atomic mass is 16.3. The van der Waals surface area contributed by atoms with Crippen LogP contribution >= 0.6 is 0 Å². The molecule has 2 N–H and O–H groups in total. The van der Waals surface area contributed by atoms with Crippen molar-refractivity contribution in [2.45, 2.75) is 6.42 Å². The number of hydrogen-bond donors (Lipinski definition) is 2. The third-order valence-electron chi connectivity index (χ3n) is 2.45. The molecule has 0 radical (unpaired) electrons. The first kappa shape index (κ1) is 9.59. The average molecular weight is 200 g/mol. The summed E-state index contributed by atoms with van der Waals surface area (Å²) in [6, 6.07) is 8.57. The smallest absolute Gasteiger partial charge is 0.123 e. The summed E-state index contributed by atoms with van der Waals surface area (Å²) in [4.78, 5) is 0. The van der Waals surface area contributed by atoms with Crippen molar-refractivity contribution in [3.63, 3.8) is 0 Å². The maximum absolute atomic E-state index is 9.76. The highest BCUT2D eigenvalue weighted by molar-refractivity contribution is 5.95. The number of aromatic hydroxyl groups is 2. The predicted molar refractivity (Wildman–Crippen MR) is 61.2 cm³/mol. The molecular formula is C13H12O2. The number of phenolic OH excluding ortho intramolecular Hbond substituents is 2. The molecule has 0 aromatic heterocycles. The van der Waals surface area contributed by atoms with Crippen LogP contribution < -0.4 is 0 Å². The van der Waals surface area contributed by atoms with Crippen LogP contribution in [0.15, 0.2) is 43.0 Å². The Bertz CT molecular complexity index is 515. The van der Waals surface area contributed by atoms with Crippen molar-refractivity contribution in [3.8, 4) is 11.5 Å². The monoisotopic (exact) mass is 200 g/mol. The van der Waals surface area contributed by atoms with Crippen molar-refractivity contribution in [3.05, 3.63) is 48.6 Å². The Kier molecular flexibility index (Phi) is 2.34. The van der Waals surface area contributed by atoms with Gasteiger partial charge in [-0.15, -0.1) is 6.58 Å². The molecule has 0 atom stereocenters. The van der Waals surface area contributed by atoms with Gasteiger partial charge in [0.25, 0.3) is 0 Å². The molecule has 0 spiro atoms. The molecule has 2 aromatic rings. The molecule has 0 unspecified atom stereocenters. The number of rotatable bonds is 2. The van der Waals surface area contributed by atoms with Crippen molar-refractivity contribution >= 4 is 10.8 Å². The van der Waals surface area contributed by atoms with E-state index in [4.69, 9.17) is 0 Å². The molecule has 0 heterocycles. The minimum Gasteiger partial charge on any atom is -0.507 e. The molecule has 0 saturated heterocycles. The van der Waals surface area contributed by atoms with Crippen LogP contribution in [0.25, 0.3) is 10.8 Å². The van der Waals surface area contributed by atoms with Gasteiger partial charge in [0.15, 0.2) is 0 Å². The minimum atomic E-state index is 0.189. The highest BCUT2D eigenvalue weighted by Crippen LogP contribution is 2.34. The van der Waals surface area contributed by atoms with Crippen LogP contribution in [0.1, 0.15) is 5.56 Å². The second-order valence-corrected chi connectivity index (χ2v) is 3.44. The van der Waals surface area contributed by atoms with Crippen LogP contribution in [-0.2, 0) is 6.42 Å². The van der Waals surface area contributed by atoms with Gasteiger partial charge < -0.3 is 10.2 Å². The van der Waals surface area contributed by atoms with Gasteiger partial charge in [-0.25, -0.2) is 0 Å². The second-order valence-electron chi connectivity index (χ2n) is 3.44. The second kappa shape index (κ2) is 3.65. The van der Waals surface area contributed by atoms with Crippen LogP contribution in [0.4, 0.5) is 0 Å². The van der Waals surface area contributed by atoms with E-state index in [1.165, 1.54) is 12.1 Å². The molecule has 0 aliphatic carbocycles. The Morgan fingerprint density at radius 1 is 1.07 bits per heavy atom. The maximum atomic E-state index is 9.76. The van der Waals surface area contributed by atoms with Gasteiger partial charge in [-0.1, -0.05) is 24.3 Å². The molecule has 0 aliphatic heterocycles. The van der Waals surface area contributed by atoms with Crippen LogP contribution in [0.2, 0.25) is 0 Å². The fourth-order valence-corrected chi connectivity index (χ4v) is 1.77. The fourth-order valence-electron chi connectivity index (χ4n) is 1.77. The first-order valence-electron chi connectivity index (χ1n) is 4.77. The Morgan fingerprint density at radius 2 is 1.80 bits per heavy atom. The zero-order valence-electron chi connectivity index (χ0n) is 8.27.